The predicted octanol–water partition coefficient (Wildman–Crippen LogP) is 3.21. The van der Waals surface area contributed by atoms with Gasteiger partial charge in [-0.15, -0.1) is 0 Å². The summed E-state index contributed by atoms with van der Waals surface area (Å²) in [4.78, 5) is 27.4. The summed E-state index contributed by atoms with van der Waals surface area (Å²) in [5.41, 5.74) is 2.86. The third-order valence-electron chi connectivity index (χ3n) is 5.72. The summed E-state index contributed by atoms with van der Waals surface area (Å²) < 4.78 is 25.2. The number of fused-ring (bicyclic) bond motifs is 1. The van der Waals surface area contributed by atoms with Gasteiger partial charge in [-0.1, -0.05) is 0 Å². The van der Waals surface area contributed by atoms with Gasteiger partial charge in [0.15, 0.2) is 11.5 Å². The van der Waals surface area contributed by atoms with Gasteiger partial charge in [0.25, 0.3) is 5.56 Å². The second-order valence-corrected chi connectivity index (χ2v) is 7.67. The van der Waals surface area contributed by atoms with Crippen LogP contribution in [0.25, 0.3) is 11.3 Å². The van der Waals surface area contributed by atoms with Crippen molar-refractivity contribution in [2.45, 2.75) is 25.9 Å². The molecule has 32 heavy (non-hydrogen) atoms. The number of hydrogen-bond acceptors (Lipinski definition) is 5. The van der Waals surface area contributed by atoms with Crippen LogP contribution < -0.4 is 15.0 Å². The van der Waals surface area contributed by atoms with E-state index in [1.165, 1.54) is 22.9 Å². The largest absolute Gasteiger partial charge is 0.493 e. The first-order valence-corrected chi connectivity index (χ1v) is 10.3. The molecule has 4 rings (SSSR count). The molecule has 2 aromatic carbocycles. The molecular formula is C24H24FN3O4. The number of amides is 1. The predicted molar refractivity (Wildman–Crippen MR) is 117 cm³/mol. The molecule has 0 N–H and O–H groups in total. The number of rotatable bonds is 5. The van der Waals surface area contributed by atoms with E-state index in [1.54, 1.807) is 44.2 Å². The van der Waals surface area contributed by atoms with E-state index in [0.717, 1.165) is 11.1 Å². The average molecular weight is 437 g/mol. The Kier molecular flexibility index (Phi) is 5.94. The van der Waals surface area contributed by atoms with Crippen molar-refractivity contribution in [3.8, 4) is 22.8 Å². The number of hydrogen-bond donors (Lipinski definition) is 0. The fourth-order valence-electron chi connectivity index (χ4n) is 3.92. The van der Waals surface area contributed by atoms with Crippen LogP contribution in [-0.4, -0.2) is 41.4 Å². The van der Waals surface area contributed by atoms with Crippen molar-refractivity contribution < 1.29 is 18.7 Å². The van der Waals surface area contributed by atoms with Crippen LogP contribution in [0.1, 0.15) is 24.1 Å². The van der Waals surface area contributed by atoms with E-state index in [2.05, 4.69) is 5.10 Å². The van der Waals surface area contributed by atoms with Crippen LogP contribution in [0.4, 0.5) is 4.39 Å². The number of methoxy groups -OCH3 is 2. The Morgan fingerprint density at radius 3 is 2.34 bits per heavy atom. The van der Waals surface area contributed by atoms with E-state index < -0.39 is 6.04 Å². The van der Waals surface area contributed by atoms with E-state index in [4.69, 9.17) is 9.47 Å². The van der Waals surface area contributed by atoms with E-state index in [1.807, 2.05) is 12.1 Å². The zero-order valence-electron chi connectivity index (χ0n) is 18.2. The highest BCUT2D eigenvalue weighted by atomic mass is 19.1. The van der Waals surface area contributed by atoms with Crippen molar-refractivity contribution in [2.75, 3.05) is 20.8 Å². The minimum Gasteiger partial charge on any atom is -0.493 e. The molecule has 166 valence electrons. The fourth-order valence-corrected chi connectivity index (χ4v) is 3.92. The Balaban J connectivity index is 1.59. The zero-order chi connectivity index (χ0) is 22.8. The average Bonchev–Trinajstić information content (AvgIpc) is 2.82. The molecule has 0 radical (unpaired) electrons. The van der Waals surface area contributed by atoms with Crippen LogP contribution in [0.15, 0.2) is 53.3 Å². The second kappa shape index (κ2) is 8.82. The summed E-state index contributed by atoms with van der Waals surface area (Å²) in [7, 11) is 3.17. The second-order valence-electron chi connectivity index (χ2n) is 7.67. The van der Waals surface area contributed by atoms with Gasteiger partial charge in [0, 0.05) is 24.7 Å². The summed E-state index contributed by atoms with van der Waals surface area (Å²) in [6, 6.07) is 11.8. The number of aromatic nitrogens is 2. The molecule has 0 saturated heterocycles. The molecular weight excluding hydrogens is 413 g/mol. The van der Waals surface area contributed by atoms with Crippen molar-refractivity contribution >= 4 is 5.91 Å². The van der Waals surface area contributed by atoms with Crippen LogP contribution in [0.3, 0.4) is 0 Å². The Labute approximate surface area is 185 Å². The van der Waals surface area contributed by atoms with Crippen LogP contribution in [0.5, 0.6) is 11.5 Å². The smallest absolute Gasteiger partial charge is 0.267 e. The fraction of sp³-hybridized carbons (Fsp3) is 0.292. The lowest BCUT2D eigenvalue weighted by molar-refractivity contribution is -0.135. The van der Waals surface area contributed by atoms with E-state index in [0.29, 0.717) is 42.3 Å². The molecule has 1 atom stereocenters. The molecule has 1 unspecified atom stereocenters. The number of carbonyl (C=O) groups excluding carboxylic acids is 1. The van der Waals surface area contributed by atoms with Crippen LogP contribution in [0, 0.1) is 5.82 Å². The third-order valence-corrected chi connectivity index (χ3v) is 5.72. The number of ether oxygens (including phenoxy) is 2. The molecule has 0 spiro atoms. The number of benzene rings is 2. The SMILES string of the molecule is COc1cc2c(cc1OC)CN(C(=O)C(C)n1nc(-c3ccc(F)cc3)ccc1=O)CC2. The van der Waals surface area contributed by atoms with Crippen LogP contribution in [0.2, 0.25) is 0 Å². The quantitative estimate of drug-likeness (QED) is 0.613. The highest BCUT2D eigenvalue weighted by Gasteiger charge is 2.28. The molecule has 0 fully saturated rings. The van der Waals surface area contributed by atoms with Gasteiger partial charge in [-0.2, -0.15) is 5.10 Å². The minimum absolute atomic E-state index is 0.198. The molecule has 1 aromatic heterocycles. The van der Waals surface area contributed by atoms with Crippen molar-refractivity contribution in [1.82, 2.24) is 14.7 Å². The Bertz CT molecular complexity index is 1210. The monoisotopic (exact) mass is 437 g/mol. The van der Waals surface area contributed by atoms with E-state index in [-0.39, 0.29) is 17.3 Å². The molecule has 1 aliphatic heterocycles. The molecule has 2 heterocycles. The molecule has 0 bridgehead atoms. The van der Waals surface area contributed by atoms with Crippen LogP contribution in [-0.2, 0) is 17.8 Å². The number of halogens is 1. The third kappa shape index (κ3) is 4.08. The van der Waals surface area contributed by atoms with Gasteiger partial charge in [0.1, 0.15) is 11.9 Å². The van der Waals surface area contributed by atoms with Gasteiger partial charge in [-0.25, -0.2) is 9.07 Å². The standard InChI is InChI=1S/C24H24FN3O4/c1-15(28-23(29)9-8-20(26-28)16-4-6-19(25)7-5-16)24(30)27-11-10-17-12-21(31-2)22(32-3)13-18(17)14-27/h4-9,12-13,15H,10-11,14H2,1-3H3. The first kappa shape index (κ1) is 21.5. The van der Waals surface area contributed by atoms with Gasteiger partial charge in [-0.3, -0.25) is 9.59 Å². The molecule has 0 saturated carbocycles. The topological polar surface area (TPSA) is 73.7 Å². The molecule has 0 aliphatic carbocycles. The molecule has 8 heteroatoms. The van der Waals surface area contributed by atoms with Gasteiger partial charge in [-0.05, 0) is 66.9 Å². The van der Waals surface area contributed by atoms with Gasteiger partial charge in [0.05, 0.1) is 19.9 Å². The molecule has 7 nitrogen and oxygen atoms in total. The highest BCUT2D eigenvalue weighted by Crippen LogP contribution is 2.33. The van der Waals surface area contributed by atoms with Crippen LogP contribution >= 0.6 is 0 Å². The summed E-state index contributed by atoms with van der Waals surface area (Å²) in [6.45, 7) is 2.60. The van der Waals surface area contributed by atoms with Crippen molar-refractivity contribution in [3.05, 3.63) is 75.8 Å². The minimum atomic E-state index is -0.787. The number of carbonyl (C=O) groups is 1. The Morgan fingerprint density at radius 1 is 1.03 bits per heavy atom. The Morgan fingerprint density at radius 2 is 1.69 bits per heavy atom. The summed E-state index contributed by atoms with van der Waals surface area (Å²) >= 11 is 0. The summed E-state index contributed by atoms with van der Waals surface area (Å²) in [5, 5.41) is 4.38. The lowest BCUT2D eigenvalue weighted by Crippen LogP contribution is -2.42. The maximum atomic E-state index is 13.3. The summed E-state index contributed by atoms with van der Waals surface area (Å²) in [6.07, 6.45) is 0.673. The van der Waals surface area contributed by atoms with Crippen molar-refractivity contribution in [2.24, 2.45) is 0 Å². The highest BCUT2D eigenvalue weighted by molar-refractivity contribution is 5.80. The van der Waals surface area contributed by atoms with Gasteiger partial charge < -0.3 is 14.4 Å². The van der Waals surface area contributed by atoms with Crippen molar-refractivity contribution in [1.29, 1.82) is 0 Å². The molecule has 1 aliphatic rings. The Hall–Kier alpha value is -3.68. The lowest BCUT2D eigenvalue weighted by atomic mass is 9.98. The first-order valence-electron chi connectivity index (χ1n) is 10.3. The van der Waals surface area contributed by atoms with E-state index >= 15 is 0 Å². The molecule has 3 aromatic rings. The summed E-state index contributed by atoms with van der Waals surface area (Å²) in [5.74, 6) is 0.716. The lowest BCUT2D eigenvalue weighted by Gasteiger charge is -2.31. The van der Waals surface area contributed by atoms with Gasteiger partial charge >= 0.3 is 0 Å². The zero-order valence-corrected chi connectivity index (χ0v) is 18.2. The maximum Gasteiger partial charge on any atom is 0.267 e. The maximum absolute atomic E-state index is 13.3. The first-order chi connectivity index (χ1) is 15.4. The molecule has 1 amide bonds. The normalized spacial score (nSPS) is 13.9. The number of nitrogens with zero attached hydrogens (tertiary/aromatic N) is 3. The van der Waals surface area contributed by atoms with Crippen molar-refractivity contribution in [3.63, 3.8) is 0 Å². The van der Waals surface area contributed by atoms with Gasteiger partial charge in [0.2, 0.25) is 5.91 Å². The van der Waals surface area contributed by atoms with E-state index in [9.17, 15) is 14.0 Å².